The van der Waals surface area contributed by atoms with Crippen LogP contribution in [0.1, 0.15) is 17.3 Å². The molecule has 0 amide bonds. The first-order chi connectivity index (χ1) is 10.5. The zero-order valence-corrected chi connectivity index (χ0v) is 11.8. The predicted molar refractivity (Wildman–Crippen MR) is 78.0 cm³/mol. The second kappa shape index (κ2) is 5.93. The molecule has 2 heterocycles. The van der Waals surface area contributed by atoms with E-state index in [-0.39, 0.29) is 12.6 Å². The Morgan fingerprint density at radius 3 is 2.41 bits per heavy atom. The third-order valence-corrected chi connectivity index (χ3v) is 3.72. The van der Waals surface area contributed by atoms with Crippen molar-refractivity contribution in [2.75, 3.05) is 6.54 Å². The molecule has 114 valence electrons. The van der Waals surface area contributed by atoms with Gasteiger partial charge in [0.1, 0.15) is 0 Å². The highest BCUT2D eigenvalue weighted by molar-refractivity contribution is 5.31. The molecule has 0 spiro atoms. The van der Waals surface area contributed by atoms with E-state index in [9.17, 15) is 13.2 Å². The quantitative estimate of drug-likeness (QED) is 0.793. The molecule has 0 saturated carbocycles. The number of hydrogen-bond acceptors (Lipinski definition) is 2. The molecule has 1 aliphatic rings. The summed E-state index contributed by atoms with van der Waals surface area (Å²) in [5, 5.41) is 0. The van der Waals surface area contributed by atoms with Crippen molar-refractivity contribution in [3.05, 3.63) is 77.6 Å². The molecule has 0 aliphatic carbocycles. The fourth-order valence-electron chi connectivity index (χ4n) is 2.66. The maximum atomic E-state index is 13.1. The minimum atomic E-state index is -4.29. The van der Waals surface area contributed by atoms with Crippen LogP contribution in [0.2, 0.25) is 0 Å². The number of hydrogen-bond donors (Lipinski definition) is 0. The van der Waals surface area contributed by atoms with Gasteiger partial charge in [0.25, 0.3) is 0 Å². The molecule has 0 fully saturated rings. The van der Waals surface area contributed by atoms with Gasteiger partial charge in [0.2, 0.25) is 0 Å². The van der Waals surface area contributed by atoms with Crippen molar-refractivity contribution in [1.29, 1.82) is 0 Å². The molecule has 1 aromatic carbocycles. The lowest BCUT2D eigenvalue weighted by Gasteiger charge is -2.24. The molecule has 1 unspecified atom stereocenters. The standard InChI is InChI=1S/C17H15F3N2/c18-17(19,20)14-10-16(13-6-2-1-3-7-13)22(11-14)12-15-8-4-5-9-21-15/h1-10,16H,11-12H2. The second-order valence-electron chi connectivity index (χ2n) is 5.27. The normalized spacial score (nSPS) is 19.2. The van der Waals surface area contributed by atoms with Crippen LogP contribution in [-0.2, 0) is 6.54 Å². The maximum absolute atomic E-state index is 13.1. The van der Waals surface area contributed by atoms with Gasteiger partial charge in [-0.05, 0) is 17.7 Å². The Kier molecular flexibility index (Phi) is 3.98. The Bertz CT molecular complexity index is 651. The number of alkyl halides is 3. The zero-order valence-electron chi connectivity index (χ0n) is 11.8. The van der Waals surface area contributed by atoms with Crippen molar-refractivity contribution in [1.82, 2.24) is 9.88 Å². The number of benzene rings is 1. The highest BCUT2D eigenvalue weighted by Crippen LogP contribution is 2.38. The molecular formula is C17H15F3N2. The van der Waals surface area contributed by atoms with Gasteiger partial charge in [0.05, 0.1) is 11.7 Å². The van der Waals surface area contributed by atoms with Gasteiger partial charge in [-0.1, -0.05) is 42.5 Å². The van der Waals surface area contributed by atoms with E-state index in [0.717, 1.165) is 11.3 Å². The van der Waals surface area contributed by atoms with Crippen molar-refractivity contribution in [2.45, 2.75) is 18.8 Å². The highest BCUT2D eigenvalue weighted by Gasteiger charge is 2.40. The van der Waals surface area contributed by atoms with Crippen LogP contribution in [0.15, 0.2) is 66.4 Å². The lowest BCUT2D eigenvalue weighted by atomic mass is 10.1. The highest BCUT2D eigenvalue weighted by atomic mass is 19.4. The van der Waals surface area contributed by atoms with E-state index in [0.29, 0.717) is 6.54 Å². The van der Waals surface area contributed by atoms with Gasteiger partial charge in [-0.3, -0.25) is 9.88 Å². The Morgan fingerprint density at radius 2 is 1.77 bits per heavy atom. The summed E-state index contributed by atoms with van der Waals surface area (Å²) in [4.78, 5) is 6.00. The van der Waals surface area contributed by atoms with E-state index in [1.165, 1.54) is 6.08 Å². The molecule has 0 bridgehead atoms. The van der Waals surface area contributed by atoms with Gasteiger partial charge in [-0.15, -0.1) is 0 Å². The average molecular weight is 304 g/mol. The van der Waals surface area contributed by atoms with Crippen LogP contribution in [0, 0.1) is 0 Å². The first kappa shape index (κ1) is 14.8. The second-order valence-corrected chi connectivity index (χ2v) is 5.27. The van der Waals surface area contributed by atoms with Crippen molar-refractivity contribution >= 4 is 0 Å². The summed E-state index contributed by atoms with van der Waals surface area (Å²) in [6.07, 6.45) is -1.31. The van der Waals surface area contributed by atoms with Crippen LogP contribution in [0.3, 0.4) is 0 Å². The van der Waals surface area contributed by atoms with Gasteiger partial charge in [-0.2, -0.15) is 13.2 Å². The summed E-state index contributed by atoms with van der Waals surface area (Å²) >= 11 is 0. The first-order valence-corrected chi connectivity index (χ1v) is 7.01. The fourth-order valence-corrected chi connectivity index (χ4v) is 2.66. The topological polar surface area (TPSA) is 16.1 Å². The number of aromatic nitrogens is 1. The Labute approximate surface area is 126 Å². The number of halogens is 3. The summed E-state index contributed by atoms with van der Waals surface area (Å²) in [6.45, 7) is 0.274. The van der Waals surface area contributed by atoms with Crippen molar-refractivity contribution in [3.8, 4) is 0 Å². The first-order valence-electron chi connectivity index (χ1n) is 7.01. The van der Waals surface area contributed by atoms with E-state index in [1.54, 1.807) is 17.2 Å². The Balaban J connectivity index is 1.88. The van der Waals surface area contributed by atoms with Crippen LogP contribution < -0.4 is 0 Å². The minimum Gasteiger partial charge on any atom is -0.283 e. The molecule has 2 nitrogen and oxygen atoms in total. The SMILES string of the molecule is FC(F)(F)C1=CC(c2ccccc2)N(Cc2ccccn2)C1. The van der Waals surface area contributed by atoms with E-state index < -0.39 is 11.7 Å². The van der Waals surface area contributed by atoms with E-state index in [2.05, 4.69) is 4.98 Å². The number of pyridine rings is 1. The van der Waals surface area contributed by atoms with Crippen LogP contribution >= 0.6 is 0 Å². The van der Waals surface area contributed by atoms with Crippen LogP contribution in [-0.4, -0.2) is 22.6 Å². The lowest BCUT2D eigenvalue weighted by molar-refractivity contribution is -0.0937. The number of rotatable bonds is 3. The molecule has 1 atom stereocenters. The summed E-state index contributed by atoms with van der Waals surface area (Å²) in [6, 6.07) is 14.3. The Hall–Kier alpha value is -2.14. The van der Waals surface area contributed by atoms with Gasteiger partial charge in [-0.25, -0.2) is 0 Å². The van der Waals surface area contributed by atoms with Crippen LogP contribution in [0.5, 0.6) is 0 Å². The third kappa shape index (κ3) is 3.20. The van der Waals surface area contributed by atoms with Crippen LogP contribution in [0.4, 0.5) is 13.2 Å². The van der Waals surface area contributed by atoms with Gasteiger partial charge >= 0.3 is 6.18 Å². The summed E-state index contributed by atoms with van der Waals surface area (Å²) < 4.78 is 39.2. The molecular weight excluding hydrogens is 289 g/mol. The van der Waals surface area contributed by atoms with Crippen molar-refractivity contribution in [3.63, 3.8) is 0 Å². The Morgan fingerprint density at radius 1 is 1.05 bits per heavy atom. The van der Waals surface area contributed by atoms with E-state index in [4.69, 9.17) is 0 Å². The average Bonchev–Trinajstić information content (AvgIpc) is 2.93. The summed E-state index contributed by atoms with van der Waals surface area (Å²) in [5.74, 6) is 0. The largest absolute Gasteiger partial charge is 0.413 e. The molecule has 3 rings (SSSR count). The molecule has 0 saturated heterocycles. The predicted octanol–water partition coefficient (Wildman–Crippen LogP) is 4.13. The van der Waals surface area contributed by atoms with Gasteiger partial charge in [0.15, 0.2) is 0 Å². The molecule has 1 aromatic heterocycles. The maximum Gasteiger partial charge on any atom is 0.413 e. The number of nitrogens with zero attached hydrogens (tertiary/aromatic N) is 2. The molecule has 0 radical (unpaired) electrons. The third-order valence-electron chi connectivity index (χ3n) is 3.72. The molecule has 1 aliphatic heterocycles. The summed E-state index contributed by atoms with van der Waals surface area (Å²) in [5.41, 5.74) is 1.13. The molecule has 2 aromatic rings. The monoisotopic (exact) mass is 304 g/mol. The van der Waals surface area contributed by atoms with Crippen molar-refractivity contribution < 1.29 is 13.2 Å². The lowest BCUT2D eigenvalue weighted by Crippen LogP contribution is -2.26. The molecule has 0 N–H and O–H groups in total. The van der Waals surface area contributed by atoms with E-state index >= 15 is 0 Å². The summed E-state index contributed by atoms with van der Waals surface area (Å²) in [7, 11) is 0. The molecule has 5 heteroatoms. The van der Waals surface area contributed by atoms with E-state index in [1.807, 2.05) is 42.5 Å². The zero-order chi connectivity index (χ0) is 15.6. The van der Waals surface area contributed by atoms with Gasteiger partial charge < -0.3 is 0 Å². The van der Waals surface area contributed by atoms with Crippen molar-refractivity contribution in [2.24, 2.45) is 0 Å². The molecule has 22 heavy (non-hydrogen) atoms. The van der Waals surface area contributed by atoms with Crippen LogP contribution in [0.25, 0.3) is 0 Å². The fraction of sp³-hybridized carbons (Fsp3) is 0.235. The smallest absolute Gasteiger partial charge is 0.283 e. The minimum absolute atomic E-state index is 0.111. The van der Waals surface area contributed by atoms with Gasteiger partial charge in [0, 0.05) is 24.9 Å².